The summed E-state index contributed by atoms with van der Waals surface area (Å²) in [5.74, 6) is 1.66. The van der Waals surface area contributed by atoms with E-state index in [0.29, 0.717) is 22.8 Å². The molecule has 0 aromatic carbocycles. The number of hydrogen-bond donors (Lipinski definition) is 4. The number of nitrogens with one attached hydrogen (secondary N) is 3. The molecule has 0 bridgehead atoms. The second-order valence-corrected chi connectivity index (χ2v) is 8.26. The van der Waals surface area contributed by atoms with E-state index in [1.54, 1.807) is 18.6 Å². The Morgan fingerprint density at radius 1 is 1.13 bits per heavy atom. The molecule has 9 nitrogen and oxygen atoms in total. The van der Waals surface area contributed by atoms with Gasteiger partial charge in [-0.1, -0.05) is 0 Å². The second kappa shape index (κ2) is 8.19. The van der Waals surface area contributed by atoms with E-state index in [1.165, 1.54) is 4.57 Å². The summed E-state index contributed by atoms with van der Waals surface area (Å²) in [4.78, 5) is 22.1. The van der Waals surface area contributed by atoms with Gasteiger partial charge in [-0.3, -0.25) is 9.89 Å². The Kier molecular flexibility index (Phi) is 5.43. The van der Waals surface area contributed by atoms with Crippen molar-refractivity contribution >= 4 is 28.2 Å². The lowest BCUT2D eigenvalue weighted by molar-refractivity contribution is 0.274. The molecule has 31 heavy (non-hydrogen) atoms. The summed E-state index contributed by atoms with van der Waals surface area (Å²) in [6.07, 6.45) is 5.09. The van der Waals surface area contributed by atoms with Crippen molar-refractivity contribution in [3.05, 3.63) is 59.3 Å². The second-order valence-electron chi connectivity index (χ2n) is 8.26. The van der Waals surface area contributed by atoms with Gasteiger partial charge in [-0.15, -0.1) is 0 Å². The molecule has 0 aliphatic heterocycles. The molecule has 0 saturated carbocycles. The van der Waals surface area contributed by atoms with E-state index in [2.05, 4.69) is 30.8 Å². The molecule has 4 aromatic rings. The molecule has 0 radical (unpaired) electrons. The molecule has 0 atom stereocenters. The van der Waals surface area contributed by atoms with Crippen LogP contribution in [0.1, 0.15) is 20.8 Å². The quantitative estimate of drug-likeness (QED) is 0.379. The zero-order chi connectivity index (χ0) is 22.0. The van der Waals surface area contributed by atoms with Gasteiger partial charge in [0.1, 0.15) is 17.5 Å². The van der Waals surface area contributed by atoms with Crippen molar-refractivity contribution in [3.63, 3.8) is 0 Å². The van der Waals surface area contributed by atoms with Gasteiger partial charge in [0.2, 0.25) is 0 Å². The van der Waals surface area contributed by atoms with Crippen molar-refractivity contribution in [1.29, 1.82) is 0 Å². The van der Waals surface area contributed by atoms with Crippen molar-refractivity contribution in [2.24, 2.45) is 0 Å². The summed E-state index contributed by atoms with van der Waals surface area (Å²) in [6, 6.07) is 9.34. The van der Waals surface area contributed by atoms with Crippen molar-refractivity contribution in [2.75, 3.05) is 17.2 Å². The summed E-state index contributed by atoms with van der Waals surface area (Å²) >= 11 is 0. The van der Waals surface area contributed by atoms with E-state index >= 15 is 0 Å². The highest BCUT2D eigenvalue weighted by Gasteiger charge is 2.17. The van der Waals surface area contributed by atoms with Crippen LogP contribution in [0.15, 0.2) is 53.7 Å². The summed E-state index contributed by atoms with van der Waals surface area (Å²) in [5.41, 5.74) is 1.32. The molecule has 0 aliphatic carbocycles. The molecule has 0 saturated heterocycles. The predicted octanol–water partition coefficient (Wildman–Crippen LogP) is 3.13. The van der Waals surface area contributed by atoms with Gasteiger partial charge >= 0.3 is 0 Å². The Morgan fingerprint density at radius 2 is 1.97 bits per heavy atom. The van der Waals surface area contributed by atoms with Crippen molar-refractivity contribution < 1.29 is 5.11 Å². The number of hydrogen-bond acceptors (Lipinski definition) is 7. The molecule has 0 unspecified atom stereocenters. The highest BCUT2D eigenvalue weighted by atomic mass is 16.3. The SMILES string of the molecule is CC(C)(C)Nc1nc(Nc2cc(-c3ccn[nH]3)ccn2)cc2ccn(CCO)c(=O)c12. The van der Waals surface area contributed by atoms with E-state index in [9.17, 15) is 9.90 Å². The van der Waals surface area contributed by atoms with Gasteiger partial charge in [0.25, 0.3) is 5.56 Å². The number of rotatable bonds is 6. The Morgan fingerprint density at radius 3 is 2.68 bits per heavy atom. The number of aromatic amines is 1. The largest absolute Gasteiger partial charge is 0.395 e. The first-order chi connectivity index (χ1) is 14.8. The fourth-order valence-corrected chi connectivity index (χ4v) is 3.31. The van der Waals surface area contributed by atoms with Crippen LogP contribution in [0.4, 0.5) is 17.5 Å². The lowest BCUT2D eigenvalue weighted by Crippen LogP contribution is -2.29. The maximum Gasteiger partial charge on any atom is 0.262 e. The Labute approximate surface area is 179 Å². The summed E-state index contributed by atoms with van der Waals surface area (Å²) in [6.45, 7) is 6.13. The van der Waals surface area contributed by atoms with Crippen LogP contribution in [-0.4, -0.2) is 42.0 Å². The summed E-state index contributed by atoms with van der Waals surface area (Å²) in [5, 5.41) is 24.0. The predicted molar refractivity (Wildman–Crippen MR) is 122 cm³/mol. The van der Waals surface area contributed by atoms with E-state index in [1.807, 2.05) is 51.1 Å². The number of H-pyrrole nitrogens is 1. The lowest BCUT2D eigenvalue weighted by Gasteiger charge is -2.23. The van der Waals surface area contributed by atoms with E-state index in [4.69, 9.17) is 0 Å². The Bertz CT molecular complexity index is 1260. The maximum absolute atomic E-state index is 13.0. The number of aliphatic hydroxyl groups excluding tert-OH is 1. The summed E-state index contributed by atoms with van der Waals surface area (Å²) in [7, 11) is 0. The van der Waals surface area contributed by atoms with Gasteiger partial charge in [0.05, 0.1) is 17.7 Å². The van der Waals surface area contributed by atoms with Crippen LogP contribution in [0.3, 0.4) is 0 Å². The van der Waals surface area contributed by atoms with E-state index in [-0.39, 0.29) is 24.2 Å². The molecule has 4 aromatic heterocycles. The van der Waals surface area contributed by atoms with Crippen LogP contribution in [0.25, 0.3) is 22.0 Å². The van der Waals surface area contributed by atoms with Gasteiger partial charge < -0.3 is 20.3 Å². The molecule has 0 amide bonds. The lowest BCUT2D eigenvalue weighted by atomic mass is 10.1. The molecule has 4 heterocycles. The average molecular weight is 419 g/mol. The van der Waals surface area contributed by atoms with E-state index in [0.717, 1.165) is 16.6 Å². The van der Waals surface area contributed by atoms with Crippen molar-refractivity contribution in [1.82, 2.24) is 24.7 Å². The molecule has 9 heteroatoms. The van der Waals surface area contributed by atoms with Gasteiger partial charge in [-0.25, -0.2) is 9.97 Å². The standard InChI is InChI=1S/C22H25N7O2/c1-22(2,3)27-20-19-15(6-9-29(10-11-30)21(19)31)13-18(26-20)25-17-12-14(4-7-23-17)16-5-8-24-28-16/h4-9,12-13,30H,10-11H2,1-3H3,(H,24,28)(H2,23,25,26,27). The molecule has 0 spiro atoms. The molecule has 0 fully saturated rings. The number of aliphatic hydroxyl groups is 1. The van der Waals surface area contributed by atoms with Gasteiger partial charge in [-0.2, -0.15) is 5.10 Å². The minimum absolute atomic E-state index is 0.112. The number of anilines is 3. The third-order valence-electron chi connectivity index (χ3n) is 4.62. The fourth-order valence-electron chi connectivity index (χ4n) is 3.31. The number of aromatic nitrogens is 5. The van der Waals surface area contributed by atoms with E-state index < -0.39 is 0 Å². The zero-order valence-corrected chi connectivity index (χ0v) is 17.7. The minimum atomic E-state index is -0.304. The van der Waals surface area contributed by atoms with Gasteiger partial charge in [0.15, 0.2) is 0 Å². The van der Waals surface area contributed by atoms with Crippen LogP contribution in [0, 0.1) is 0 Å². The average Bonchev–Trinajstić information content (AvgIpc) is 3.24. The van der Waals surface area contributed by atoms with Crippen LogP contribution in [0.5, 0.6) is 0 Å². The minimum Gasteiger partial charge on any atom is -0.395 e. The monoisotopic (exact) mass is 419 g/mol. The number of fused-ring (bicyclic) bond motifs is 1. The Balaban J connectivity index is 1.78. The third kappa shape index (κ3) is 4.56. The number of nitrogens with zero attached hydrogens (tertiary/aromatic N) is 4. The normalized spacial score (nSPS) is 11.6. The first-order valence-electron chi connectivity index (χ1n) is 10.00. The van der Waals surface area contributed by atoms with Crippen molar-refractivity contribution in [2.45, 2.75) is 32.9 Å². The van der Waals surface area contributed by atoms with Gasteiger partial charge in [0, 0.05) is 36.2 Å². The molecule has 0 aliphatic rings. The summed E-state index contributed by atoms with van der Waals surface area (Å²) < 4.78 is 1.49. The van der Waals surface area contributed by atoms with Gasteiger partial charge in [-0.05, 0) is 56.5 Å². The first kappa shape index (κ1) is 20.5. The third-order valence-corrected chi connectivity index (χ3v) is 4.62. The van der Waals surface area contributed by atoms with Crippen LogP contribution >= 0.6 is 0 Å². The smallest absolute Gasteiger partial charge is 0.262 e. The first-order valence-corrected chi connectivity index (χ1v) is 10.00. The maximum atomic E-state index is 13.0. The molecular weight excluding hydrogens is 394 g/mol. The molecule has 4 N–H and O–H groups in total. The fraction of sp³-hybridized carbons (Fsp3) is 0.273. The molecule has 4 rings (SSSR count). The van der Waals surface area contributed by atoms with Crippen LogP contribution < -0.4 is 16.2 Å². The van der Waals surface area contributed by atoms with Crippen LogP contribution in [-0.2, 0) is 6.54 Å². The molecular formula is C22H25N7O2. The topological polar surface area (TPSA) is 121 Å². The Hall–Kier alpha value is -3.72. The highest BCUT2D eigenvalue weighted by molar-refractivity contribution is 5.93. The van der Waals surface area contributed by atoms with Crippen molar-refractivity contribution in [3.8, 4) is 11.3 Å². The highest BCUT2D eigenvalue weighted by Crippen LogP contribution is 2.27. The number of pyridine rings is 3. The zero-order valence-electron chi connectivity index (χ0n) is 17.7. The van der Waals surface area contributed by atoms with Crippen LogP contribution in [0.2, 0.25) is 0 Å². The molecule has 160 valence electrons.